The van der Waals surface area contributed by atoms with Crippen LogP contribution >= 0.6 is 0 Å². The molecule has 20 heavy (non-hydrogen) atoms. The van der Waals surface area contributed by atoms with Crippen LogP contribution in [-0.4, -0.2) is 25.5 Å². The Morgan fingerprint density at radius 2 is 1.80 bits per heavy atom. The highest BCUT2D eigenvalue weighted by Gasteiger charge is 2.26. The fraction of sp³-hybridized carbons (Fsp3) is 0.364. The average molecular weight is 311 g/mol. The van der Waals surface area contributed by atoms with Crippen molar-refractivity contribution in [3.8, 4) is 0 Å². The van der Waals surface area contributed by atoms with Gasteiger partial charge in [0.1, 0.15) is 6.04 Å². The van der Waals surface area contributed by atoms with Gasteiger partial charge in [-0.3, -0.25) is 4.79 Å². The lowest BCUT2D eigenvalue weighted by atomic mass is 10.2. The van der Waals surface area contributed by atoms with E-state index in [1.807, 2.05) is 0 Å². The van der Waals surface area contributed by atoms with Crippen molar-refractivity contribution in [1.29, 1.82) is 0 Å². The highest BCUT2D eigenvalue weighted by molar-refractivity contribution is 7.89. The molecular weight excluding hydrogens is 299 g/mol. The molecule has 0 saturated carbocycles. The number of benzene rings is 1. The Morgan fingerprint density at radius 1 is 1.30 bits per heavy atom. The second-order valence-corrected chi connectivity index (χ2v) is 5.72. The maximum atomic E-state index is 13.0. The number of carboxylic acid groups (broad SMARTS) is 1. The molecule has 1 atom stereocenters. The first kappa shape index (κ1) is 16.4. The normalized spacial score (nSPS) is 13.2. The number of nitrogens with one attached hydrogen (secondary N) is 1. The molecule has 2 N–H and O–H groups in total. The molecule has 112 valence electrons. The minimum atomic E-state index is -4.47. The van der Waals surface area contributed by atoms with E-state index >= 15 is 0 Å². The van der Waals surface area contributed by atoms with Crippen LogP contribution in [0.2, 0.25) is 0 Å². The van der Waals surface area contributed by atoms with Crippen LogP contribution in [0.15, 0.2) is 17.0 Å². The monoisotopic (exact) mass is 311 g/mol. The van der Waals surface area contributed by atoms with Crippen LogP contribution in [0.1, 0.15) is 19.8 Å². The molecule has 1 aromatic rings. The van der Waals surface area contributed by atoms with Gasteiger partial charge in [-0.2, -0.15) is 4.72 Å². The Morgan fingerprint density at radius 3 is 2.20 bits per heavy atom. The smallest absolute Gasteiger partial charge is 0.321 e. The standard InChI is InChI=1S/C11H12F3NO4S/c1-2-3-9(11(16)17)15-20(18,19)6-4-7(12)10(14)8(13)5-6/h4-5,9,15H,2-3H2,1H3,(H,16,17). The Bertz CT molecular complexity index is 595. The highest BCUT2D eigenvalue weighted by Crippen LogP contribution is 2.18. The second-order valence-electron chi connectivity index (χ2n) is 4.00. The first-order valence-electron chi connectivity index (χ1n) is 5.58. The number of carboxylic acids is 1. The molecule has 1 unspecified atom stereocenters. The summed E-state index contributed by atoms with van der Waals surface area (Å²) in [6.07, 6.45) is 0.381. The quantitative estimate of drug-likeness (QED) is 0.782. The van der Waals surface area contributed by atoms with E-state index in [4.69, 9.17) is 5.11 Å². The van der Waals surface area contributed by atoms with E-state index < -0.39 is 44.4 Å². The average Bonchev–Trinajstić information content (AvgIpc) is 2.34. The SMILES string of the molecule is CCCC(NS(=O)(=O)c1cc(F)c(F)c(F)c1)C(=O)O. The fourth-order valence-electron chi connectivity index (χ4n) is 1.46. The maximum Gasteiger partial charge on any atom is 0.321 e. The molecule has 9 heteroatoms. The molecule has 5 nitrogen and oxygen atoms in total. The summed E-state index contributed by atoms with van der Waals surface area (Å²) in [5.41, 5.74) is 0. The van der Waals surface area contributed by atoms with Crippen molar-refractivity contribution in [2.75, 3.05) is 0 Å². The van der Waals surface area contributed by atoms with Gasteiger partial charge >= 0.3 is 5.97 Å². The second kappa shape index (κ2) is 6.23. The molecule has 0 aromatic heterocycles. The third-order valence-corrected chi connectivity index (χ3v) is 3.89. The summed E-state index contributed by atoms with van der Waals surface area (Å²) in [5.74, 6) is -6.56. The van der Waals surface area contributed by atoms with E-state index in [1.165, 1.54) is 0 Å². The number of rotatable bonds is 6. The number of halogens is 3. The van der Waals surface area contributed by atoms with Crippen LogP contribution in [0, 0.1) is 17.5 Å². The van der Waals surface area contributed by atoms with Crippen LogP contribution in [0.25, 0.3) is 0 Å². The zero-order valence-corrected chi connectivity index (χ0v) is 11.2. The fourth-order valence-corrected chi connectivity index (χ4v) is 2.71. The summed E-state index contributed by atoms with van der Waals surface area (Å²) < 4.78 is 64.1. The zero-order chi connectivity index (χ0) is 15.5. The molecule has 0 spiro atoms. The molecule has 0 saturated heterocycles. The minimum Gasteiger partial charge on any atom is -0.480 e. The van der Waals surface area contributed by atoms with Gasteiger partial charge in [0.05, 0.1) is 4.90 Å². The number of sulfonamides is 1. The van der Waals surface area contributed by atoms with Crippen LogP contribution in [0.4, 0.5) is 13.2 Å². The van der Waals surface area contributed by atoms with Crippen molar-refractivity contribution in [2.24, 2.45) is 0 Å². The predicted octanol–water partition coefficient (Wildman–Crippen LogP) is 1.64. The molecular formula is C11H12F3NO4S. The van der Waals surface area contributed by atoms with E-state index in [1.54, 1.807) is 11.6 Å². The van der Waals surface area contributed by atoms with Gasteiger partial charge in [-0.1, -0.05) is 13.3 Å². The van der Waals surface area contributed by atoms with Gasteiger partial charge in [0.25, 0.3) is 0 Å². The van der Waals surface area contributed by atoms with Crippen molar-refractivity contribution in [1.82, 2.24) is 4.72 Å². The minimum absolute atomic E-state index is 0.000717. The summed E-state index contributed by atoms with van der Waals surface area (Å²) in [6, 6.07) is -0.863. The summed E-state index contributed by atoms with van der Waals surface area (Å²) >= 11 is 0. The third kappa shape index (κ3) is 3.70. The molecule has 0 heterocycles. The lowest BCUT2D eigenvalue weighted by Crippen LogP contribution is -2.40. The molecule has 0 aliphatic heterocycles. The summed E-state index contributed by atoms with van der Waals surface area (Å²) in [7, 11) is -4.47. The van der Waals surface area contributed by atoms with Gasteiger partial charge in [0, 0.05) is 0 Å². The lowest BCUT2D eigenvalue weighted by molar-refractivity contribution is -0.139. The van der Waals surface area contributed by atoms with Crippen molar-refractivity contribution in [2.45, 2.75) is 30.7 Å². The van der Waals surface area contributed by atoms with E-state index in [0.717, 1.165) is 0 Å². The Kier molecular flexibility index (Phi) is 5.12. The lowest BCUT2D eigenvalue weighted by Gasteiger charge is -2.14. The third-order valence-electron chi connectivity index (χ3n) is 2.44. The molecule has 0 bridgehead atoms. The van der Waals surface area contributed by atoms with Crippen molar-refractivity contribution in [3.05, 3.63) is 29.6 Å². The van der Waals surface area contributed by atoms with E-state index in [-0.39, 0.29) is 18.6 Å². The molecule has 0 radical (unpaired) electrons. The summed E-state index contributed by atoms with van der Waals surface area (Å²) in [5, 5.41) is 8.83. The molecule has 0 amide bonds. The van der Waals surface area contributed by atoms with E-state index in [9.17, 15) is 26.4 Å². The summed E-state index contributed by atoms with van der Waals surface area (Å²) in [6.45, 7) is 1.64. The largest absolute Gasteiger partial charge is 0.480 e. The highest BCUT2D eigenvalue weighted by atomic mass is 32.2. The van der Waals surface area contributed by atoms with Gasteiger partial charge in [-0.05, 0) is 18.6 Å². The number of carbonyl (C=O) groups is 1. The van der Waals surface area contributed by atoms with Gasteiger partial charge in [-0.25, -0.2) is 21.6 Å². The Hall–Kier alpha value is -1.61. The number of hydrogen-bond donors (Lipinski definition) is 2. The molecule has 0 fully saturated rings. The summed E-state index contributed by atoms with van der Waals surface area (Å²) in [4.78, 5) is 9.97. The van der Waals surface area contributed by atoms with E-state index in [0.29, 0.717) is 6.42 Å². The van der Waals surface area contributed by atoms with Crippen LogP contribution in [0.5, 0.6) is 0 Å². The van der Waals surface area contributed by atoms with Crippen LogP contribution < -0.4 is 4.72 Å². The molecule has 0 aliphatic carbocycles. The molecule has 0 aliphatic rings. The van der Waals surface area contributed by atoms with Gasteiger partial charge < -0.3 is 5.11 Å². The van der Waals surface area contributed by atoms with Gasteiger partial charge in [0.2, 0.25) is 10.0 Å². The van der Waals surface area contributed by atoms with Crippen molar-refractivity contribution < 1.29 is 31.5 Å². The molecule has 1 rings (SSSR count). The van der Waals surface area contributed by atoms with Gasteiger partial charge in [-0.15, -0.1) is 0 Å². The van der Waals surface area contributed by atoms with E-state index in [2.05, 4.69) is 0 Å². The van der Waals surface area contributed by atoms with Crippen molar-refractivity contribution >= 4 is 16.0 Å². The Balaban J connectivity index is 3.14. The topological polar surface area (TPSA) is 83.5 Å². The number of aliphatic carboxylic acids is 1. The number of hydrogen-bond acceptors (Lipinski definition) is 3. The maximum absolute atomic E-state index is 13.0. The first-order valence-corrected chi connectivity index (χ1v) is 7.07. The zero-order valence-electron chi connectivity index (χ0n) is 10.4. The first-order chi connectivity index (χ1) is 9.19. The Labute approximate surface area is 113 Å². The molecule has 1 aromatic carbocycles. The predicted molar refractivity (Wildman–Crippen MR) is 63.0 cm³/mol. The van der Waals surface area contributed by atoms with Gasteiger partial charge in [0.15, 0.2) is 17.5 Å². The van der Waals surface area contributed by atoms with Crippen LogP contribution in [-0.2, 0) is 14.8 Å². The van der Waals surface area contributed by atoms with Crippen LogP contribution in [0.3, 0.4) is 0 Å². The van der Waals surface area contributed by atoms with Crippen molar-refractivity contribution in [3.63, 3.8) is 0 Å².